The molecule has 2 aliphatic rings. The summed E-state index contributed by atoms with van der Waals surface area (Å²) in [6.45, 7) is 2.79. The number of ether oxygens (including phenoxy) is 3. The van der Waals surface area contributed by atoms with E-state index in [-0.39, 0.29) is 19.4 Å². The molecule has 0 spiro atoms. The Hall–Kier alpha value is -5.56. The maximum absolute atomic E-state index is 14.1. The van der Waals surface area contributed by atoms with Crippen LogP contribution >= 0.6 is 0 Å². The van der Waals surface area contributed by atoms with E-state index in [0.717, 1.165) is 5.56 Å². The fraction of sp³-hybridized carbons (Fsp3) is 0.314. The number of carbonyl (C=O) groups is 6. The lowest BCUT2D eigenvalue weighted by atomic mass is 10.0. The number of hydrogen-bond acceptors (Lipinski definition) is 10. The fourth-order valence-electron chi connectivity index (χ4n) is 5.71. The van der Waals surface area contributed by atoms with Crippen LogP contribution in [0.1, 0.15) is 30.5 Å². The lowest BCUT2D eigenvalue weighted by molar-refractivity contribution is -0.154. The van der Waals surface area contributed by atoms with Gasteiger partial charge in [-0.25, -0.2) is 24.2 Å². The highest BCUT2D eigenvalue weighted by Crippen LogP contribution is 2.25. The van der Waals surface area contributed by atoms with E-state index in [2.05, 4.69) is 5.32 Å². The number of benzene rings is 3. The van der Waals surface area contributed by atoms with Crippen LogP contribution < -0.4 is 11.1 Å². The largest absolute Gasteiger partial charge is 0.459 e. The van der Waals surface area contributed by atoms with Crippen molar-refractivity contribution in [1.82, 2.24) is 15.1 Å². The highest BCUT2D eigenvalue weighted by atomic mass is 16.6. The molecule has 3 aromatic carbocycles. The molecule has 5 rings (SSSR count). The molecule has 3 aromatic rings. The zero-order valence-corrected chi connectivity index (χ0v) is 26.4. The normalized spacial score (nSPS) is 21.6. The van der Waals surface area contributed by atoms with Crippen molar-refractivity contribution < 1.29 is 43.0 Å². The van der Waals surface area contributed by atoms with Crippen LogP contribution in [0.5, 0.6) is 0 Å². The average Bonchev–Trinajstić information content (AvgIpc) is 3.56. The minimum absolute atomic E-state index is 0.0955. The Morgan fingerprint density at radius 3 is 1.71 bits per heavy atom. The van der Waals surface area contributed by atoms with Crippen LogP contribution in [0.3, 0.4) is 0 Å². The Morgan fingerprint density at radius 2 is 1.17 bits per heavy atom. The number of cyclic esters (lactones) is 2. The molecule has 13 heteroatoms. The lowest BCUT2D eigenvalue weighted by Crippen LogP contribution is -2.60. The number of carbonyl (C=O) groups excluding carboxylic acids is 6. The van der Waals surface area contributed by atoms with Crippen LogP contribution in [0, 0.1) is 0 Å². The fourth-order valence-corrected chi connectivity index (χ4v) is 5.71. The van der Waals surface area contributed by atoms with Gasteiger partial charge in [-0.2, -0.15) is 0 Å². The second-order valence-electron chi connectivity index (χ2n) is 11.6. The number of hydrogen-bond donors (Lipinski definition) is 2. The van der Waals surface area contributed by atoms with Crippen molar-refractivity contribution in [3.63, 3.8) is 0 Å². The molecule has 0 aliphatic carbocycles. The first kappa shape index (κ1) is 33.8. The van der Waals surface area contributed by atoms with Gasteiger partial charge < -0.3 is 25.3 Å². The van der Waals surface area contributed by atoms with Gasteiger partial charge in [-0.3, -0.25) is 14.4 Å². The molecule has 0 saturated carbocycles. The number of nitrogens with zero attached hydrogens (tertiary/aromatic N) is 2. The Bertz CT molecular complexity index is 1650. The first-order valence-electron chi connectivity index (χ1n) is 15.5. The maximum atomic E-state index is 14.1. The minimum atomic E-state index is -1.48. The average molecular weight is 657 g/mol. The molecule has 3 N–H and O–H groups in total. The van der Waals surface area contributed by atoms with Crippen molar-refractivity contribution in [3.05, 3.63) is 108 Å². The van der Waals surface area contributed by atoms with Gasteiger partial charge in [0.2, 0.25) is 11.8 Å². The molecule has 48 heavy (non-hydrogen) atoms. The molecule has 5 amide bonds. The molecule has 13 nitrogen and oxygen atoms in total. The third-order valence-corrected chi connectivity index (χ3v) is 8.13. The summed E-state index contributed by atoms with van der Waals surface area (Å²) in [7, 11) is 0. The maximum Gasteiger partial charge on any atom is 0.417 e. The van der Waals surface area contributed by atoms with E-state index in [0.29, 0.717) is 20.9 Å². The van der Waals surface area contributed by atoms with Crippen LogP contribution in [-0.2, 0) is 52.8 Å². The highest BCUT2D eigenvalue weighted by molar-refractivity contribution is 6.05. The molecule has 250 valence electrons. The van der Waals surface area contributed by atoms with E-state index in [1.54, 1.807) is 84.9 Å². The number of imide groups is 2. The molecule has 6 atom stereocenters. The summed E-state index contributed by atoms with van der Waals surface area (Å²) in [6.07, 6.45) is -4.28. The van der Waals surface area contributed by atoms with Gasteiger partial charge in [0.15, 0.2) is 12.1 Å². The van der Waals surface area contributed by atoms with E-state index in [9.17, 15) is 28.8 Å². The van der Waals surface area contributed by atoms with E-state index >= 15 is 0 Å². The molecular weight excluding hydrogens is 620 g/mol. The molecule has 0 unspecified atom stereocenters. The first-order valence-corrected chi connectivity index (χ1v) is 15.5. The van der Waals surface area contributed by atoms with Crippen molar-refractivity contribution in [1.29, 1.82) is 0 Å². The van der Waals surface area contributed by atoms with Gasteiger partial charge in [0.1, 0.15) is 24.9 Å². The minimum Gasteiger partial charge on any atom is -0.459 e. The van der Waals surface area contributed by atoms with Crippen LogP contribution in [0.15, 0.2) is 91.0 Å². The van der Waals surface area contributed by atoms with Gasteiger partial charge in [0, 0.05) is 6.42 Å². The Labute approximate surface area is 276 Å². The second-order valence-corrected chi connectivity index (χ2v) is 11.6. The third kappa shape index (κ3) is 7.52. The van der Waals surface area contributed by atoms with E-state index in [4.69, 9.17) is 19.9 Å². The number of rotatable bonds is 11. The summed E-state index contributed by atoms with van der Waals surface area (Å²) in [4.78, 5) is 81.8. The van der Waals surface area contributed by atoms with Crippen molar-refractivity contribution in [2.45, 2.75) is 69.7 Å². The summed E-state index contributed by atoms with van der Waals surface area (Å²) in [5, 5.41) is 2.60. The molecule has 2 aliphatic heterocycles. The second kappa shape index (κ2) is 14.9. The first-order chi connectivity index (χ1) is 23.0. The third-order valence-electron chi connectivity index (χ3n) is 8.13. The summed E-state index contributed by atoms with van der Waals surface area (Å²) >= 11 is 0. The van der Waals surface area contributed by atoms with Crippen molar-refractivity contribution in [3.8, 4) is 0 Å². The summed E-state index contributed by atoms with van der Waals surface area (Å²) in [5.41, 5.74) is 8.24. The van der Waals surface area contributed by atoms with Gasteiger partial charge in [0.25, 0.3) is 5.91 Å². The summed E-state index contributed by atoms with van der Waals surface area (Å²) < 4.78 is 16.0. The van der Waals surface area contributed by atoms with Gasteiger partial charge in [-0.15, -0.1) is 0 Å². The van der Waals surface area contributed by atoms with Gasteiger partial charge in [0.05, 0.1) is 6.04 Å². The SMILES string of the molecule is C[C@@H]1OC(=O)N(C(=O)[C@H](Cc2ccccc2)NC(=O)[C@H]2[C@H](C)OC(=O)N2C(=O)[C@@H](N)Cc2ccccc2)[C@H]1C(=O)OCc1ccccc1. The number of nitrogens with two attached hydrogens (primary N) is 1. The number of nitrogens with one attached hydrogen (secondary N) is 1. The molecule has 0 bridgehead atoms. The predicted molar refractivity (Wildman–Crippen MR) is 170 cm³/mol. The predicted octanol–water partition coefficient (Wildman–Crippen LogP) is 2.50. The smallest absolute Gasteiger partial charge is 0.417 e. The van der Waals surface area contributed by atoms with Gasteiger partial charge in [-0.05, 0) is 37.0 Å². The van der Waals surface area contributed by atoms with Crippen molar-refractivity contribution in [2.24, 2.45) is 5.73 Å². The molecule has 2 saturated heterocycles. The number of amides is 5. The van der Waals surface area contributed by atoms with Crippen LogP contribution in [0.2, 0.25) is 0 Å². The van der Waals surface area contributed by atoms with E-state index in [1.807, 2.05) is 6.07 Å². The van der Waals surface area contributed by atoms with Gasteiger partial charge >= 0.3 is 18.2 Å². The molecule has 0 radical (unpaired) electrons. The molecule has 2 heterocycles. The highest BCUT2D eigenvalue weighted by Gasteiger charge is 2.52. The Kier molecular flexibility index (Phi) is 10.5. The Morgan fingerprint density at radius 1 is 0.708 bits per heavy atom. The van der Waals surface area contributed by atoms with Crippen molar-refractivity contribution >= 4 is 35.9 Å². The summed E-state index contributed by atoms with van der Waals surface area (Å²) in [6, 6.07) is 20.9. The summed E-state index contributed by atoms with van der Waals surface area (Å²) in [5.74, 6) is -3.55. The molecule has 2 fully saturated rings. The topological polar surface area (TPSA) is 175 Å². The zero-order valence-electron chi connectivity index (χ0n) is 26.4. The van der Waals surface area contributed by atoms with E-state index < -0.39 is 72.3 Å². The lowest BCUT2D eigenvalue weighted by Gasteiger charge is -2.28. The van der Waals surface area contributed by atoms with Crippen LogP contribution in [0.25, 0.3) is 0 Å². The Balaban J connectivity index is 1.37. The quantitative estimate of drug-likeness (QED) is 0.231. The van der Waals surface area contributed by atoms with Crippen LogP contribution in [0.4, 0.5) is 9.59 Å². The number of esters is 1. The monoisotopic (exact) mass is 656 g/mol. The standard InChI is InChI=1S/C35H36N4O9/c1-21-28(38(34(44)47-21)31(41)26(36)18-23-12-6-3-7-13-23)30(40)37-27(19-24-14-8-4-9-15-24)32(42)39-29(22(2)48-35(39)45)33(43)46-20-25-16-10-5-11-17-25/h3-17,21-22,26-29H,18-20,36H2,1-2H3,(H,37,40)/t21-,22-,26-,27-,28+,29+/m0/s1. The van der Waals surface area contributed by atoms with Crippen LogP contribution in [-0.4, -0.2) is 82.1 Å². The van der Waals surface area contributed by atoms with Gasteiger partial charge in [-0.1, -0.05) is 91.0 Å². The van der Waals surface area contributed by atoms with E-state index in [1.165, 1.54) is 13.8 Å². The van der Waals surface area contributed by atoms with Crippen molar-refractivity contribution in [2.75, 3.05) is 0 Å². The molecular formula is C35H36N4O9. The molecule has 0 aromatic heterocycles. The zero-order chi connectivity index (χ0) is 34.4.